The molecule has 1 aliphatic heterocycles. The Balaban J connectivity index is 1.30. The fraction of sp³-hybridized carbons (Fsp3) is 0.600. The maximum Gasteiger partial charge on any atom is 0.126 e. The van der Waals surface area contributed by atoms with Crippen molar-refractivity contribution < 1.29 is 20.4 Å². The molecule has 0 spiro atoms. The van der Waals surface area contributed by atoms with E-state index in [-0.39, 0.29) is 13.2 Å². The van der Waals surface area contributed by atoms with Crippen molar-refractivity contribution in [2.75, 3.05) is 31.6 Å². The van der Waals surface area contributed by atoms with Gasteiger partial charge in [-0.25, -0.2) is 9.67 Å². The second-order valence-electron chi connectivity index (χ2n) is 7.49. The normalized spacial score (nSPS) is 25.2. The third kappa shape index (κ3) is 5.74. The molecule has 29 heavy (non-hydrogen) atoms. The van der Waals surface area contributed by atoms with Gasteiger partial charge < -0.3 is 25.7 Å². The van der Waals surface area contributed by atoms with E-state index >= 15 is 0 Å². The van der Waals surface area contributed by atoms with Gasteiger partial charge in [-0.05, 0) is 37.6 Å². The smallest absolute Gasteiger partial charge is 0.126 e. The van der Waals surface area contributed by atoms with Crippen molar-refractivity contribution in [2.24, 2.45) is 0 Å². The lowest BCUT2D eigenvalue weighted by Gasteiger charge is -2.43. The van der Waals surface area contributed by atoms with Gasteiger partial charge in [-0.1, -0.05) is 12.8 Å². The Hall–Kier alpha value is -2.04. The number of aliphatic hydroxyl groups is 4. The molecule has 4 atom stereocenters. The van der Waals surface area contributed by atoms with E-state index in [9.17, 15) is 20.4 Å². The van der Waals surface area contributed by atoms with E-state index in [4.69, 9.17) is 0 Å². The molecular weight excluding hydrogens is 374 g/mol. The van der Waals surface area contributed by atoms with Crippen LogP contribution in [-0.4, -0.2) is 90.7 Å². The summed E-state index contributed by atoms with van der Waals surface area (Å²) < 4.78 is 1.76. The molecule has 1 saturated heterocycles. The minimum atomic E-state index is -1.20. The number of pyridine rings is 1. The molecule has 9 nitrogen and oxygen atoms in total. The average molecular weight is 405 g/mol. The Morgan fingerprint density at radius 1 is 1.07 bits per heavy atom. The number of unbranched alkanes of at least 4 members (excludes halogenated alkanes) is 3. The molecule has 0 saturated carbocycles. The van der Waals surface area contributed by atoms with Gasteiger partial charge >= 0.3 is 0 Å². The Morgan fingerprint density at radius 3 is 2.59 bits per heavy atom. The third-order valence-corrected chi connectivity index (χ3v) is 5.41. The summed E-state index contributed by atoms with van der Waals surface area (Å²) in [4.78, 5) is 6.26. The molecule has 0 radical (unpaired) electrons. The van der Waals surface area contributed by atoms with E-state index < -0.39 is 24.4 Å². The molecule has 5 N–H and O–H groups in total. The highest BCUT2D eigenvalue weighted by Crippen LogP contribution is 2.19. The van der Waals surface area contributed by atoms with Gasteiger partial charge in [0, 0.05) is 25.5 Å². The number of likely N-dealkylation sites (tertiary alicyclic amines) is 1. The SMILES string of the molecule is OC[C@@H]1[C@@H](O)[C@H](O)[C@@H](O)CN1CCCCCCNc1ccc(-n2cccn2)cn1. The summed E-state index contributed by atoms with van der Waals surface area (Å²) in [7, 11) is 0. The van der Waals surface area contributed by atoms with Crippen molar-refractivity contribution in [1.82, 2.24) is 19.7 Å². The molecule has 0 aliphatic carbocycles. The number of aliphatic hydroxyl groups excluding tert-OH is 4. The Bertz CT molecular complexity index is 712. The number of hydrogen-bond acceptors (Lipinski definition) is 8. The summed E-state index contributed by atoms with van der Waals surface area (Å²) in [5, 5.41) is 46.5. The van der Waals surface area contributed by atoms with E-state index in [0.717, 1.165) is 43.7 Å². The monoisotopic (exact) mass is 405 g/mol. The van der Waals surface area contributed by atoms with E-state index in [1.54, 1.807) is 17.1 Å². The summed E-state index contributed by atoms with van der Waals surface area (Å²) >= 11 is 0. The Kier molecular flexibility index (Phi) is 7.96. The number of nitrogens with one attached hydrogen (secondary N) is 1. The first kappa shape index (κ1) is 21.7. The molecule has 0 aromatic carbocycles. The standard InChI is InChI=1S/C20H31N5O4/c26-14-16-19(28)20(29)17(27)13-24(16)10-4-2-1-3-8-21-18-7-6-15(12-22-18)25-11-5-9-23-25/h5-7,9,11-12,16-17,19-20,26-29H,1-4,8,10,13-14H2,(H,21,22)/t16-,17+,19-,20-/m1/s1. The molecule has 0 amide bonds. The number of β-amino-alcohol motifs (C(OH)–C–C–N with tert-alkyl or cyclic N) is 1. The predicted molar refractivity (Wildman–Crippen MR) is 109 cm³/mol. The summed E-state index contributed by atoms with van der Waals surface area (Å²) in [6, 6.07) is 5.26. The van der Waals surface area contributed by atoms with Crippen LogP contribution >= 0.6 is 0 Å². The van der Waals surface area contributed by atoms with Gasteiger partial charge in [0.15, 0.2) is 0 Å². The highest BCUT2D eigenvalue weighted by molar-refractivity contribution is 5.40. The maximum absolute atomic E-state index is 10.00. The number of hydrogen-bond donors (Lipinski definition) is 5. The van der Waals surface area contributed by atoms with Crippen molar-refractivity contribution in [3.8, 4) is 5.69 Å². The first-order valence-corrected chi connectivity index (χ1v) is 10.2. The number of rotatable bonds is 10. The number of aromatic nitrogens is 3. The van der Waals surface area contributed by atoms with Crippen LogP contribution in [0.15, 0.2) is 36.8 Å². The molecule has 0 unspecified atom stereocenters. The van der Waals surface area contributed by atoms with Crippen molar-refractivity contribution in [2.45, 2.75) is 50.0 Å². The van der Waals surface area contributed by atoms with E-state index in [1.165, 1.54) is 0 Å². The van der Waals surface area contributed by atoms with Crippen LogP contribution in [0.5, 0.6) is 0 Å². The molecular formula is C20H31N5O4. The van der Waals surface area contributed by atoms with Crippen LogP contribution in [0.25, 0.3) is 5.69 Å². The topological polar surface area (TPSA) is 127 Å². The molecule has 3 heterocycles. The van der Waals surface area contributed by atoms with Crippen LogP contribution in [0.2, 0.25) is 0 Å². The zero-order valence-corrected chi connectivity index (χ0v) is 16.5. The molecule has 160 valence electrons. The summed E-state index contributed by atoms with van der Waals surface area (Å²) in [5.41, 5.74) is 0.919. The summed E-state index contributed by atoms with van der Waals surface area (Å²) in [5.74, 6) is 0.835. The van der Waals surface area contributed by atoms with Gasteiger partial charge in [0.25, 0.3) is 0 Å². The highest BCUT2D eigenvalue weighted by atomic mass is 16.4. The number of piperidine rings is 1. The van der Waals surface area contributed by atoms with Gasteiger partial charge in [-0.15, -0.1) is 0 Å². The van der Waals surface area contributed by atoms with E-state index in [2.05, 4.69) is 15.4 Å². The lowest BCUT2D eigenvalue weighted by molar-refractivity contribution is -0.145. The minimum absolute atomic E-state index is 0.235. The van der Waals surface area contributed by atoms with Gasteiger partial charge in [-0.2, -0.15) is 5.10 Å². The molecule has 1 fully saturated rings. The van der Waals surface area contributed by atoms with E-state index in [1.807, 2.05) is 29.3 Å². The van der Waals surface area contributed by atoms with Gasteiger partial charge in [0.2, 0.25) is 0 Å². The van der Waals surface area contributed by atoms with Crippen molar-refractivity contribution in [3.63, 3.8) is 0 Å². The summed E-state index contributed by atoms with van der Waals surface area (Å²) in [6.45, 7) is 1.54. The Morgan fingerprint density at radius 2 is 1.90 bits per heavy atom. The second kappa shape index (κ2) is 10.7. The third-order valence-electron chi connectivity index (χ3n) is 5.41. The minimum Gasteiger partial charge on any atom is -0.395 e. The van der Waals surface area contributed by atoms with Crippen molar-refractivity contribution >= 4 is 5.82 Å². The quantitative estimate of drug-likeness (QED) is 0.350. The largest absolute Gasteiger partial charge is 0.395 e. The zero-order valence-electron chi connectivity index (χ0n) is 16.5. The molecule has 1 aliphatic rings. The van der Waals surface area contributed by atoms with Crippen LogP contribution in [0.3, 0.4) is 0 Å². The van der Waals surface area contributed by atoms with Crippen LogP contribution in [0, 0.1) is 0 Å². The number of anilines is 1. The van der Waals surface area contributed by atoms with Crippen LogP contribution in [-0.2, 0) is 0 Å². The fourth-order valence-corrected chi connectivity index (χ4v) is 3.69. The fourth-order valence-electron chi connectivity index (χ4n) is 3.69. The van der Waals surface area contributed by atoms with Gasteiger partial charge in [0.05, 0.1) is 30.6 Å². The lowest BCUT2D eigenvalue weighted by atomic mass is 9.94. The first-order chi connectivity index (χ1) is 14.1. The molecule has 9 heteroatoms. The highest BCUT2D eigenvalue weighted by Gasteiger charge is 2.40. The molecule has 2 aromatic rings. The maximum atomic E-state index is 10.00. The van der Waals surface area contributed by atoms with E-state index in [0.29, 0.717) is 6.54 Å². The molecule has 3 rings (SSSR count). The summed E-state index contributed by atoms with van der Waals surface area (Å²) in [6.07, 6.45) is 6.06. The molecule has 0 bridgehead atoms. The zero-order chi connectivity index (χ0) is 20.6. The average Bonchev–Trinajstić information content (AvgIpc) is 3.27. The molecule has 2 aromatic heterocycles. The second-order valence-corrected chi connectivity index (χ2v) is 7.49. The van der Waals surface area contributed by atoms with Crippen molar-refractivity contribution in [3.05, 3.63) is 36.8 Å². The number of nitrogens with zero attached hydrogens (tertiary/aromatic N) is 4. The predicted octanol–water partition coefficient (Wildman–Crippen LogP) is -0.00120. The van der Waals surface area contributed by atoms with Gasteiger partial charge in [-0.3, -0.25) is 4.90 Å². The van der Waals surface area contributed by atoms with Crippen LogP contribution in [0.4, 0.5) is 5.82 Å². The van der Waals surface area contributed by atoms with Crippen LogP contribution in [0.1, 0.15) is 25.7 Å². The van der Waals surface area contributed by atoms with Crippen molar-refractivity contribution in [1.29, 1.82) is 0 Å². The van der Waals surface area contributed by atoms with Gasteiger partial charge in [0.1, 0.15) is 18.0 Å². The Labute approximate surface area is 170 Å². The van der Waals surface area contributed by atoms with Crippen LogP contribution < -0.4 is 5.32 Å². The first-order valence-electron chi connectivity index (χ1n) is 10.2. The lowest BCUT2D eigenvalue weighted by Crippen LogP contribution is -2.62.